The predicted molar refractivity (Wildman–Crippen MR) is 77.4 cm³/mol. The summed E-state index contributed by atoms with van der Waals surface area (Å²) in [5.74, 6) is -1.47. The first kappa shape index (κ1) is 14.0. The average molecular weight is 291 g/mol. The van der Waals surface area contributed by atoms with Crippen LogP contribution >= 0.6 is 11.5 Å². The van der Waals surface area contributed by atoms with Gasteiger partial charge in [-0.2, -0.15) is 4.37 Å². The van der Waals surface area contributed by atoms with Gasteiger partial charge in [0.1, 0.15) is 10.6 Å². The molecule has 0 fully saturated rings. The third-order valence-electron chi connectivity index (χ3n) is 2.86. The Hall–Kier alpha value is -2.41. The molecule has 2 rings (SSSR count). The molecular formula is C13H13N3O3S. The number of carboxylic acids is 1. The molecule has 1 aromatic heterocycles. The number of nitrogens with two attached hydrogens (primary N) is 1. The van der Waals surface area contributed by atoms with Gasteiger partial charge in [-0.15, -0.1) is 0 Å². The quantitative estimate of drug-likeness (QED) is 0.843. The number of rotatable bonds is 3. The number of aromatic nitrogens is 1. The lowest BCUT2D eigenvalue weighted by atomic mass is 10.1. The van der Waals surface area contributed by atoms with Crippen molar-refractivity contribution in [2.24, 2.45) is 0 Å². The van der Waals surface area contributed by atoms with Crippen LogP contribution in [0.3, 0.4) is 0 Å². The molecule has 104 valence electrons. The lowest BCUT2D eigenvalue weighted by Crippen LogP contribution is -2.27. The van der Waals surface area contributed by atoms with Crippen molar-refractivity contribution in [2.75, 3.05) is 17.7 Å². The number of para-hydroxylation sites is 1. The highest BCUT2D eigenvalue weighted by Gasteiger charge is 2.25. The van der Waals surface area contributed by atoms with E-state index in [2.05, 4.69) is 4.37 Å². The van der Waals surface area contributed by atoms with E-state index in [-0.39, 0.29) is 11.5 Å². The van der Waals surface area contributed by atoms with Crippen molar-refractivity contribution in [1.29, 1.82) is 0 Å². The van der Waals surface area contributed by atoms with E-state index < -0.39 is 5.97 Å². The molecule has 0 saturated heterocycles. The van der Waals surface area contributed by atoms with Crippen molar-refractivity contribution in [1.82, 2.24) is 4.37 Å². The smallest absolute Gasteiger partial charge is 0.340 e. The molecule has 0 aliphatic rings. The largest absolute Gasteiger partial charge is 0.478 e. The average Bonchev–Trinajstić information content (AvgIpc) is 2.79. The highest BCUT2D eigenvalue weighted by Crippen LogP contribution is 2.29. The molecule has 7 heteroatoms. The van der Waals surface area contributed by atoms with Crippen LogP contribution in [-0.4, -0.2) is 28.4 Å². The summed E-state index contributed by atoms with van der Waals surface area (Å²) >= 11 is 0.975. The fourth-order valence-electron chi connectivity index (χ4n) is 1.80. The van der Waals surface area contributed by atoms with Gasteiger partial charge in [0.05, 0.1) is 11.3 Å². The molecule has 1 aromatic carbocycles. The molecule has 0 saturated carbocycles. The Labute approximate surface area is 119 Å². The number of anilines is 2. The van der Waals surface area contributed by atoms with Crippen LogP contribution in [0.15, 0.2) is 24.3 Å². The number of benzene rings is 1. The second-order valence-corrected chi connectivity index (χ2v) is 4.96. The second kappa shape index (κ2) is 5.30. The fraction of sp³-hybridized carbons (Fsp3) is 0.154. The van der Waals surface area contributed by atoms with Crippen LogP contribution in [0.25, 0.3) is 0 Å². The molecule has 0 bridgehead atoms. The van der Waals surface area contributed by atoms with Gasteiger partial charge in [0.25, 0.3) is 5.91 Å². The van der Waals surface area contributed by atoms with E-state index in [0.717, 1.165) is 11.5 Å². The zero-order valence-electron chi connectivity index (χ0n) is 11.0. The first-order valence-electron chi connectivity index (χ1n) is 5.75. The van der Waals surface area contributed by atoms with E-state index in [4.69, 9.17) is 5.73 Å². The third kappa shape index (κ3) is 2.35. The monoisotopic (exact) mass is 291 g/mol. The zero-order valence-corrected chi connectivity index (χ0v) is 11.8. The van der Waals surface area contributed by atoms with Gasteiger partial charge < -0.3 is 15.7 Å². The summed E-state index contributed by atoms with van der Waals surface area (Å²) in [7, 11) is 1.51. The van der Waals surface area contributed by atoms with Crippen molar-refractivity contribution in [3.8, 4) is 0 Å². The number of carboxylic acid groups (broad SMARTS) is 1. The van der Waals surface area contributed by atoms with Crippen LogP contribution in [0.5, 0.6) is 0 Å². The SMILES string of the molecule is Cc1nsc(N(C)C(=O)c2ccccc2N)c1C(=O)O. The minimum absolute atomic E-state index is 0.0420. The van der Waals surface area contributed by atoms with Crippen LogP contribution in [0.1, 0.15) is 26.4 Å². The number of aromatic carboxylic acids is 1. The predicted octanol–water partition coefficient (Wildman–Crippen LogP) is 2.01. The van der Waals surface area contributed by atoms with Crippen LogP contribution in [-0.2, 0) is 0 Å². The van der Waals surface area contributed by atoms with E-state index in [9.17, 15) is 14.7 Å². The Kier molecular flexibility index (Phi) is 3.71. The molecule has 0 spiro atoms. The Morgan fingerprint density at radius 2 is 2.00 bits per heavy atom. The van der Waals surface area contributed by atoms with E-state index >= 15 is 0 Å². The summed E-state index contributed by atoms with van der Waals surface area (Å²) in [6.45, 7) is 1.60. The van der Waals surface area contributed by atoms with E-state index in [1.54, 1.807) is 31.2 Å². The number of carbonyl (C=O) groups is 2. The van der Waals surface area contributed by atoms with E-state index in [0.29, 0.717) is 21.9 Å². The Balaban J connectivity index is 2.42. The summed E-state index contributed by atoms with van der Waals surface area (Å²) in [5, 5.41) is 9.49. The van der Waals surface area contributed by atoms with Gasteiger partial charge in [-0.25, -0.2) is 4.79 Å². The Morgan fingerprint density at radius 3 is 2.60 bits per heavy atom. The second-order valence-electron chi connectivity index (χ2n) is 4.20. The normalized spacial score (nSPS) is 10.3. The molecule has 0 aliphatic carbocycles. The van der Waals surface area contributed by atoms with Crippen molar-refractivity contribution >= 4 is 34.1 Å². The molecule has 3 N–H and O–H groups in total. The molecule has 2 aromatic rings. The maximum Gasteiger partial charge on any atom is 0.340 e. The number of nitrogen functional groups attached to an aromatic ring is 1. The van der Waals surface area contributed by atoms with Crippen LogP contribution in [0.4, 0.5) is 10.7 Å². The highest BCUT2D eigenvalue weighted by molar-refractivity contribution is 7.11. The number of amides is 1. The first-order valence-corrected chi connectivity index (χ1v) is 6.53. The van der Waals surface area contributed by atoms with E-state index in [1.807, 2.05) is 0 Å². The van der Waals surface area contributed by atoms with Gasteiger partial charge in [-0.05, 0) is 30.6 Å². The molecule has 1 amide bonds. The number of aryl methyl sites for hydroxylation is 1. The topological polar surface area (TPSA) is 96.5 Å². The third-order valence-corrected chi connectivity index (χ3v) is 3.88. The van der Waals surface area contributed by atoms with Gasteiger partial charge in [-0.1, -0.05) is 12.1 Å². The lowest BCUT2D eigenvalue weighted by Gasteiger charge is -2.16. The highest BCUT2D eigenvalue weighted by atomic mass is 32.1. The summed E-state index contributed by atoms with van der Waals surface area (Å²) in [5.41, 5.74) is 6.87. The minimum atomic E-state index is -1.10. The van der Waals surface area contributed by atoms with E-state index in [1.165, 1.54) is 11.9 Å². The zero-order chi connectivity index (χ0) is 14.9. The summed E-state index contributed by atoms with van der Waals surface area (Å²) < 4.78 is 3.99. The molecule has 0 atom stereocenters. The lowest BCUT2D eigenvalue weighted by molar-refractivity contribution is 0.0697. The maximum atomic E-state index is 12.4. The maximum absolute atomic E-state index is 12.4. The van der Waals surface area contributed by atoms with Crippen LogP contribution < -0.4 is 10.6 Å². The van der Waals surface area contributed by atoms with Crippen LogP contribution in [0, 0.1) is 6.92 Å². The minimum Gasteiger partial charge on any atom is -0.478 e. The number of carbonyl (C=O) groups excluding carboxylic acids is 1. The summed E-state index contributed by atoms with van der Waals surface area (Å²) in [4.78, 5) is 24.9. The van der Waals surface area contributed by atoms with Crippen molar-refractivity contribution < 1.29 is 14.7 Å². The molecule has 0 aliphatic heterocycles. The number of hydrogen-bond donors (Lipinski definition) is 2. The summed E-state index contributed by atoms with van der Waals surface area (Å²) in [6.07, 6.45) is 0. The van der Waals surface area contributed by atoms with Crippen molar-refractivity contribution in [3.05, 3.63) is 41.1 Å². The van der Waals surface area contributed by atoms with Gasteiger partial charge in [-0.3, -0.25) is 4.79 Å². The van der Waals surface area contributed by atoms with Crippen molar-refractivity contribution in [2.45, 2.75) is 6.92 Å². The van der Waals surface area contributed by atoms with Crippen molar-refractivity contribution in [3.63, 3.8) is 0 Å². The standard InChI is InChI=1S/C13H13N3O3S/c1-7-10(13(18)19)12(20-15-7)16(2)11(17)8-5-3-4-6-9(8)14/h3-6H,14H2,1-2H3,(H,18,19). The van der Waals surface area contributed by atoms with Gasteiger partial charge >= 0.3 is 5.97 Å². The molecule has 0 unspecified atom stereocenters. The molecular weight excluding hydrogens is 278 g/mol. The molecule has 6 nitrogen and oxygen atoms in total. The Morgan fingerprint density at radius 1 is 1.35 bits per heavy atom. The summed E-state index contributed by atoms with van der Waals surface area (Å²) in [6, 6.07) is 6.65. The number of nitrogens with zero attached hydrogens (tertiary/aromatic N) is 2. The van der Waals surface area contributed by atoms with Crippen LogP contribution in [0.2, 0.25) is 0 Å². The molecule has 1 heterocycles. The fourth-order valence-corrected chi connectivity index (χ4v) is 2.64. The first-order chi connectivity index (χ1) is 9.43. The van der Waals surface area contributed by atoms with Gasteiger partial charge in [0.15, 0.2) is 0 Å². The van der Waals surface area contributed by atoms with Gasteiger partial charge in [0, 0.05) is 12.7 Å². The van der Waals surface area contributed by atoms with Gasteiger partial charge in [0.2, 0.25) is 0 Å². The number of hydrogen-bond acceptors (Lipinski definition) is 5. The molecule has 0 radical (unpaired) electrons. The molecule has 20 heavy (non-hydrogen) atoms. The Bertz CT molecular complexity index is 681.